The number of esters is 1. The maximum atomic E-state index is 11.5. The molecule has 0 aliphatic rings. The molecule has 17 heavy (non-hydrogen) atoms. The predicted molar refractivity (Wildman–Crippen MR) is 59.1 cm³/mol. The Morgan fingerprint density at radius 3 is 2.65 bits per heavy atom. The molecule has 88 valence electrons. The molecule has 0 aromatic carbocycles. The molecule has 0 radical (unpaired) electrons. The Balaban J connectivity index is 2.75. The average molecular weight is 233 g/mol. The molecule has 6 nitrogen and oxygen atoms in total. The third-order valence-corrected chi connectivity index (χ3v) is 2.30. The second-order valence-electron chi connectivity index (χ2n) is 3.63. The van der Waals surface area contributed by atoms with Crippen molar-refractivity contribution in [1.82, 2.24) is 14.6 Å². The third kappa shape index (κ3) is 1.89. The number of Topliss-reactive ketones (excluding diaryl/α,β-unsaturated/α-hetero) is 1. The van der Waals surface area contributed by atoms with Gasteiger partial charge < -0.3 is 4.74 Å². The van der Waals surface area contributed by atoms with Gasteiger partial charge in [-0.25, -0.2) is 14.3 Å². The monoisotopic (exact) mass is 233 g/mol. The van der Waals surface area contributed by atoms with E-state index in [1.807, 2.05) is 0 Å². The fourth-order valence-electron chi connectivity index (χ4n) is 1.55. The van der Waals surface area contributed by atoms with Crippen molar-refractivity contribution in [3.63, 3.8) is 0 Å². The highest BCUT2D eigenvalue weighted by molar-refractivity contribution is 5.96. The van der Waals surface area contributed by atoms with E-state index in [2.05, 4.69) is 14.8 Å². The van der Waals surface area contributed by atoms with Gasteiger partial charge >= 0.3 is 5.97 Å². The Kier molecular flexibility index (Phi) is 2.63. The Bertz CT molecular complexity index is 616. The van der Waals surface area contributed by atoms with Crippen molar-refractivity contribution in [2.24, 2.45) is 0 Å². The van der Waals surface area contributed by atoms with Crippen molar-refractivity contribution in [2.75, 3.05) is 7.11 Å². The van der Waals surface area contributed by atoms with Crippen LogP contribution in [0.15, 0.2) is 12.1 Å². The number of hydrogen-bond acceptors (Lipinski definition) is 5. The summed E-state index contributed by atoms with van der Waals surface area (Å²) >= 11 is 0. The summed E-state index contributed by atoms with van der Waals surface area (Å²) in [5, 5.41) is 4.14. The lowest BCUT2D eigenvalue weighted by Crippen LogP contribution is -2.11. The molecule has 0 amide bonds. The van der Waals surface area contributed by atoms with E-state index >= 15 is 0 Å². The maximum Gasteiger partial charge on any atom is 0.356 e. The minimum atomic E-state index is -0.575. The van der Waals surface area contributed by atoms with Crippen LogP contribution in [-0.4, -0.2) is 33.5 Å². The van der Waals surface area contributed by atoms with E-state index in [9.17, 15) is 9.59 Å². The summed E-state index contributed by atoms with van der Waals surface area (Å²) < 4.78 is 6.01. The van der Waals surface area contributed by atoms with E-state index < -0.39 is 5.97 Å². The Morgan fingerprint density at radius 1 is 1.35 bits per heavy atom. The summed E-state index contributed by atoms with van der Waals surface area (Å²) in [6.07, 6.45) is 0. The van der Waals surface area contributed by atoms with Gasteiger partial charge in [-0.05, 0) is 6.92 Å². The smallest absolute Gasteiger partial charge is 0.356 e. The summed E-state index contributed by atoms with van der Waals surface area (Å²) in [4.78, 5) is 27.0. The van der Waals surface area contributed by atoms with E-state index in [-0.39, 0.29) is 11.5 Å². The minimum absolute atomic E-state index is 0.102. The SMILES string of the molecule is COC(=O)c1cc(C(C)=O)n2nc(C)cc2n1. The number of aromatic nitrogens is 3. The molecule has 0 aliphatic heterocycles. The fraction of sp³-hybridized carbons (Fsp3) is 0.273. The molecule has 6 heteroatoms. The Hall–Kier alpha value is -2.24. The van der Waals surface area contributed by atoms with E-state index in [0.29, 0.717) is 11.3 Å². The highest BCUT2D eigenvalue weighted by atomic mass is 16.5. The number of ketones is 1. The van der Waals surface area contributed by atoms with Crippen LogP contribution in [0.1, 0.15) is 33.6 Å². The van der Waals surface area contributed by atoms with Crippen LogP contribution in [0.4, 0.5) is 0 Å². The average Bonchev–Trinajstić information content (AvgIpc) is 2.66. The number of ether oxygens (including phenoxy) is 1. The zero-order valence-electron chi connectivity index (χ0n) is 9.72. The first-order valence-electron chi connectivity index (χ1n) is 4.99. The van der Waals surface area contributed by atoms with Gasteiger partial charge in [-0.3, -0.25) is 4.79 Å². The van der Waals surface area contributed by atoms with Gasteiger partial charge in [-0.15, -0.1) is 0 Å². The Labute approximate surface area is 97.2 Å². The normalized spacial score (nSPS) is 10.5. The molecule has 2 rings (SSSR count). The van der Waals surface area contributed by atoms with Gasteiger partial charge in [0.1, 0.15) is 5.69 Å². The first-order valence-corrected chi connectivity index (χ1v) is 4.99. The van der Waals surface area contributed by atoms with Crippen LogP contribution in [0.3, 0.4) is 0 Å². The van der Waals surface area contributed by atoms with Crippen molar-refractivity contribution >= 4 is 17.4 Å². The topological polar surface area (TPSA) is 73.6 Å². The number of methoxy groups -OCH3 is 1. The summed E-state index contributed by atoms with van der Waals surface area (Å²) in [6, 6.07) is 3.08. The van der Waals surface area contributed by atoms with Crippen LogP contribution in [-0.2, 0) is 4.74 Å². The molecule has 0 atom stereocenters. The highest BCUT2D eigenvalue weighted by Crippen LogP contribution is 2.11. The summed E-state index contributed by atoms with van der Waals surface area (Å²) in [5.41, 5.74) is 1.59. The van der Waals surface area contributed by atoms with Gasteiger partial charge in [0.25, 0.3) is 0 Å². The van der Waals surface area contributed by atoms with Crippen molar-refractivity contribution in [1.29, 1.82) is 0 Å². The second kappa shape index (κ2) is 3.97. The van der Waals surface area contributed by atoms with Crippen LogP contribution in [0.25, 0.3) is 5.65 Å². The zero-order valence-corrected chi connectivity index (χ0v) is 9.72. The molecular weight excluding hydrogens is 222 g/mol. The number of aryl methyl sites for hydroxylation is 1. The molecule has 0 N–H and O–H groups in total. The Morgan fingerprint density at radius 2 is 2.06 bits per heavy atom. The maximum absolute atomic E-state index is 11.5. The summed E-state index contributed by atoms with van der Waals surface area (Å²) in [7, 11) is 1.27. The van der Waals surface area contributed by atoms with Crippen LogP contribution in [0.2, 0.25) is 0 Å². The summed E-state index contributed by atoms with van der Waals surface area (Å²) in [6.45, 7) is 3.20. The molecule has 0 aliphatic carbocycles. The minimum Gasteiger partial charge on any atom is -0.464 e. The highest BCUT2D eigenvalue weighted by Gasteiger charge is 2.15. The van der Waals surface area contributed by atoms with Gasteiger partial charge in [-0.2, -0.15) is 5.10 Å². The number of carbonyl (C=O) groups excluding carboxylic acids is 2. The second-order valence-corrected chi connectivity index (χ2v) is 3.63. The molecule has 2 aromatic rings. The van der Waals surface area contributed by atoms with Crippen molar-refractivity contribution < 1.29 is 14.3 Å². The van der Waals surface area contributed by atoms with Gasteiger partial charge in [-0.1, -0.05) is 0 Å². The first-order chi connectivity index (χ1) is 8.02. The van der Waals surface area contributed by atoms with E-state index in [4.69, 9.17) is 0 Å². The molecule has 0 unspecified atom stereocenters. The van der Waals surface area contributed by atoms with Crippen molar-refractivity contribution in [3.8, 4) is 0 Å². The lowest BCUT2D eigenvalue weighted by Gasteiger charge is -2.03. The molecule has 2 heterocycles. The zero-order chi connectivity index (χ0) is 12.6. The van der Waals surface area contributed by atoms with Gasteiger partial charge in [0.15, 0.2) is 17.1 Å². The van der Waals surface area contributed by atoms with Gasteiger partial charge in [0.05, 0.1) is 12.8 Å². The molecule has 0 saturated heterocycles. The number of rotatable bonds is 2. The van der Waals surface area contributed by atoms with E-state index in [1.54, 1.807) is 13.0 Å². The molecule has 2 aromatic heterocycles. The van der Waals surface area contributed by atoms with Crippen LogP contribution < -0.4 is 0 Å². The number of carbonyl (C=O) groups is 2. The number of fused-ring (bicyclic) bond motifs is 1. The molecule has 0 bridgehead atoms. The summed E-state index contributed by atoms with van der Waals surface area (Å²) in [5.74, 6) is -0.764. The largest absolute Gasteiger partial charge is 0.464 e. The van der Waals surface area contributed by atoms with Crippen LogP contribution in [0.5, 0.6) is 0 Å². The third-order valence-electron chi connectivity index (χ3n) is 2.30. The quantitative estimate of drug-likeness (QED) is 0.572. The first kappa shape index (κ1) is 11.3. The van der Waals surface area contributed by atoms with Gasteiger partial charge in [0.2, 0.25) is 0 Å². The van der Waals surface area contributed by atoms with E-state index in [1.165, 1.54) is 24.6 Å². The van der Waals surface area contributed by atoms with Crippen LogP contribution >= 0.6 is 0 Å². The van der Waals surface area contributed by atoms with Crippen molar-refractivity contribution in [2.45, 2.75) is 13.8 Å². The number of nitrogens with zero attached hydrogens (tertiary/aromatic N) is 3. The molecule has 0 spiro atoms. The fourth-order valence-corrected chi connectivity index (χ4v) is 1.55. The van der Waals surface area contributed by atoms with Crippen molar-refractivity contribution in [3.05, 3.63) is 29.2 Å². The lowest BCUT2D eigenvalue weighted by atomic mass is 10.2. The number of hydrogen-bond donors (Lipinski definition) is 0. The van der Waals surface area contributed by atoms with E-state index in [0.717, 1.165) is 5.69 Å². The lowest BCUT2D eigenvalue weighted by molar-refractivity contribution is 0.0594. The standard InChI is InChI=1S/C11H11N3O3/c1-6-4-10-12-8(11(16)17-3)5-9(7(2)15)14(10)13-6/h4-5H,1-3H3. The molecular formula is C11H11N3O3. The predicted octanol–water partition coefficient (Wildman–Crippen LogP) is 1.03. The molecule has 0 fully saturated rings. The molecule has 0 saturated carbocycles. The van der Waals surface area contributed by atoms with Gasteiger partial charge in [0, 0.05) is 19.1 Å². The van der Waals surface area contributed by atoms with Crippen LogP contribution in [0, 0.1) is 6.92 Å².